The number of hydrogen-bond donors (Lipinski definition) is 1. The number of allylic oxidation sites excluding steroid dienone is 1. The molecule has 1 N–H and O–H groups in total. The lowest BCUT2D eigenvalue weighted by atomic mass is 9.95. The van der Waals surface area contributed by atoms with Gasteiger partial charge in [0, 0.05) is 13.1 Å². The van der Waals surface area contributed by atoms with E-state index in [1.807, 2.05) is 80.5 Å². The number of likely N-dealkylation sites (N-methyl/N-ethyl adjacent to an activating group) is 1. The van der Waals surface area contributed by atoms with Crippen molar-refractivity contribution in [2.24, 2.45) is 0 Å². The molecular weight excluding hydrogens is 392 g/mol. The molecule has 3 rings (SSSR count). The molecule has 2 aromatic carbocycles. The Morgan fingerprint density at radius 1 is 1.13 bits per heavy atom. The van der Waals surface area contributed by atoms with Crippen LogP contribution in [-0.4, -0.2) is 60.4 Å². The van der Waals surface area contributed by atoms with E-state index in [0.29, 0.717) is 25.4 Å². The first-order valence-electron chi connectivity index (χ1n) is 10.3. The van der Waals surface area contributed by atoms with Crippen molar-refractivity contribution in [3.63, 3.8) is 0 Å². The van der Waals surface area contributed by atoms with Crippen molar-refractivity contribution >= 4 is 17.8 Å². The molecule has 0 radical (unpaired) electrons. The molecule has 6 nitrogen and oxygen atoms in total. The average Bonchev–Trinajstić information content (AvgIpc) is 3.02. The van der Waals surface area contributed by atoms with E-state index in [0.717, 1.165) is 11.1 Å². The van der Waals surface area contributed by atoms with Gasteiger partial charge in [-0.2, -0.15) is 0 Å². The summed E-state index contributed by atoms with van der Waals surface area (Å²) >= 11 is 0. The lowest BCUT2D eigenvalue weighted by molar-refractivity contribution is -0.129. The standard InChI is InChI=1S/C25H28N2O4/c1-4-31-20-13-11-19(12-14-20)23-22(21(28)15-10-18-8-6-5-7-9-18)24(29)25(30)27(23)17-16-26(2)3/h5-15,23,29H,4,16-17H2,1-3H3. The number of ketones is 1. The molecule has 2 aromatic rings. The van der Waals surface area contributed by atoms with Gasteiger partial charge in [0.25, 0.3) is 5.91 Å². The molecule has 0 aliphatic carbocycles. The second kappa shape index (κ2) is 10.1. The van der Waals surface area contributed by atoms with E-state index >= 15 is 0 Å². The lowest BCUT2D eigenvalue weighted by Gasteiger charge is -2.28. The van der Waals surface area contributed by atoms with E-state index in [4.69, 9.17) is 4.74 Å². The zero-order valence-electron chi connectivity index (χ0n) is 18.1. The van der Waals surface area contributed by atoms with Crippen molar-refractivity contribution in [3.05, 3.63) is 83.1 Å². The number of aliphatic hydroxyl groups is 1. The smallest absolute Gasteiger partial charge is 0.290 e. The zero-order chi connectivity index (χ0) is 22.4. The Kier molecular flexibility index (Phi) is 7.26. The molecule has 1 heterocycles. The van der Waals surface area contributed by atoms with Gasteiger partial charge in [0.1, 0.15) is 5.75 Å². The summed E-state index contributed by atoms with van der Waals surface area (Å²) in [5.74, 6) is -0.695. The van der Waals surface area contributed by atoms with Crippen LogP contribution in [0.5, 0.6) is 5.75 Å². The number of carbonyl (C=O) groups excluding carboxylic acids is 2. The van der Waals surface area contributed by atoms with Gasteiger partial charge in [-0.05, 0) is 50.4 Å². The number of nitrogens with zero attached hydrogens (tertiary/aromatic N) is 2. The topological polar surface area (TPSA) is 70.1 Å². The number of hydrogen-bond acceptors (Lipinski definition) is 5. The fourth-order valence-electron chi connectivity index (χ4n) is 3.53. The van der Waals surface area contributed by atoms with Crippen LogP contribution >= 0.6 is 0 Å². The second-order valence-electron chi connectivity index (χ2n) is 7.58. The van der Waals surface area contributed by atoms with Gasteiger partial charge in [0.15, 0.2) is 11.5 Å². The minimum atomic E-state index is -0.656. The number of rotatable bonds is 9. The van der Waals surface area contributed by atoms with Gasteiger partial charge in [0.2, 0.25) is 0 Å². The number of amides is 1. The van der Waals surface area contributed by atoms with E-state index < -0.39 is 17.7 Å². The molecule has 162 valence electrons. The molecular formula is C25H28N2O4. The normalized spacial score (nSPS) is 16.6. The van der Waals surface area contributed by atoms with Crippen LogP contribution in [0.3, 0.4) is 0 Å². The van der Waals surface area contributed by atoms with Crippen molar-refractivity contribution in [2.75, 3.05) is 33.8 Å². The van der Waals surface area contributed by atoms with E-state index in [-0.39, 0.29) is 11.4 Å². The van der Waals surface area contributed by atoms with E-state index in [1.165, 1.54) is 6.08 Å². The Balaban J connectivity index is 1.95. The van der Waals surface area contributed by atoms with Gasteiger partial charge in [-0.1, -0.05) is 48.5 Å². The lowest BCUT2D eigenvalue weighted by Crippen LogP contribution is -2.36. The molecule has 0 fully saturated rings. The molecule has 0 bridgehead atoms. The van der Waals surface area contributed by atoms with Crippen molar-refractivity contribution in [1.82, 2.24) is 9.80 Å². The minimum absolute atomic E-state index is 0.0973. The zero-order valence-corrected chi connectivity index (χ0v) is 18.1. The molecule has 0 saturated heterocycles. The summed E-state index contributed by atoms with van der Waals surface area (Å²) < 4.78 is 5.51. The number of ether oxygens (including phenoxy) is 1. The molecule has 1 atom stereocenters. The summed E-state index contributed by atoms with van der Waals surface area (Å²) in [5.41, 5.74) is 1.71. The first-order valence-corrected chi connectivity index (χ1v) is 10.3. The minimum Gasteiger partial charge on any atom is -0.503 e. The van der Waals surface area contributed by atoms with Crippen LogP contribution < -0.4 is 4.74 Å². The largest absolute Gasteiger partial charge is 0.503 e. The van der Waals surface area contributed by atoms with Gasteiger partial charge in [-0.25, -0.2) is 0 Å². The van der Waals surface area contributed by atoms with Crippen LogP contribution in [0.4, 0.5) is 0 Å². The third-order valence-electron chi connectivity index (χ3n) is 5.09. The van der Waals surface area contributed by atoms with Crippen LogP contribution in [0.25, 0.3) is 6.08 Å². The van der Waals surface area contributed by atoms with Crippen LogP contribution in [0.15, 0.2) is 72.0 Å². The van der Waals surface area contributed by atoms with Crippen molar-refractivity contribution < 1.29 is 19.4 Å². The fraction of sp³-hybridized carbons (Fsp3) is 0.280. The number of aliphatic hydroxyl groups excluding tert-OH is 1. The molecule has 1 aliphatic heterocycles. The molecule has 1 aliphatic rings. The van der Waals surface area contributed by atoms with Crippen LogP contribution in [0.2, 0.25) is 0 Å². The summed E-state index contributed by atoms with van der Waals surface area (Å²) in [7, 11) is 3.82. The Labute approximate surface area is 183 Å². The second-order valence-corrected chi connectivity index (χ2v) is 7.58. The van der Waals surface area contributed by atoms with Crippen molar-refractivity contribution in [1.29, 1.82) is 0 Å². The highest BCUT2D eigenvalue weighted by Gasteiger charge is 2.42. The Morgan fingerprint density at radius 2 is 1.81 bits per heavy atom. The summed E-state index contributed by atoms with van der Waals surface area (Å²) in [4.78, 5) is 29.5. The van der Waals surface area contributed by atoms with Crippen LogP contribution in [0, 0.1) is 0 Å². The summed E-state index contributed by atoms with van der Waals surface area (Å²) in [6, 6.07) is 16.0. The predicted octanol–water partition coefficient (Wildman–Crippen LogP) is 3.62. The van der Waals surface area contributed by atoms with E-state index in [9.17, 15) is 14.7 Å². The third kappa shape index (κ3) is 5.22. The van der Waals surface area contributed by atoms with E-state index in [2.05, 4.69) is 0 Å². The van der Waals surface area contributed by atoms with Crippen molar-refractivity contribution in [3.8, 4) is 5.75 Å². The van der Waals surface area contributed by atoms with Crippen LogP contribution in [-0.2, 0) is 9.59 Å². The van der Waals surface area contributed by atoms with Gasteiger partial charge in [-0.3, -0.25) is 9.59 Å². The van der Waals surface area contributed by atoms with Gasteiger partial charge < -0.3 is 19.6 Å². The monoisotopic (exact) mass is 420 g/mol. The maximum absolute atomic E-state index is 13.1. The number of benzene rings is 2. The maximum Gasteiger partial charge on any atom is 0.290 e. The Hall–Kier alpha value is -3.38. The summed E-state index contributed by atoms with van der Waals surface area (Å²) in [5, 5.41) is 10.6. The van der Waals surface area contributed by atoms with Crippen LogP contribution in [0.1, 0.15) is 24.1 Å². The highest BCUT2D eigenvalue weighted by atomic mass is 16.5. The Morgan fingerprint density at radius 3 is 2.42 bits per heavy atom. The SMILES string of the molecule is CCOc1ccc(C2C(C(=O)C=Cc3ccccc3)=C(O)C(=O)N2CCN(C)C)cc1. The molecule has 0 saturated carbocycles. The van der Waals surface area contributed by atoms with Gasteiger partial charge >= 0.3 is 0 Å². The fourth-order valence-corrected chi connectivity index (χ4v) is 3.53. The molecule has 6 heteroatoms. The molecule has 0 spiro atoms. The summed E-state index contributed by atoms with van der Waals surface area (Å²) in [6.45, 7) is 3.44. The van der Waals surface area contributed by atoms with Gasteiger partial charge in [0.05, 0.1) is 18.2 Å². The predicted molar refractivity (Wildman–Crippen MR) is 121 cm³/mol. The average molecular weight is 421 g/mol. The third-order valence-corrected chi connectivity index (χ3v) is 5.09. The molecule has 1 amide bonds. The number of carbonyl (C=O) groups is 2. The van der Waals surface area contributed by atoms with Gasteiger partial charge in [-0.15, -0.1) is 0 Å². The van der Waals surface area contributed by atoms with E-state index in [1.54, 1.807) is 11.0 Å². The van der Waals surface area contributed by atoms with Crippen molar-refractivity contribution in [2.45, 2.75) is 13.0 Å². The quantitative estimate of drug-likeness (QED) is 0.628. The molecule has 1 unspecified atom stereocenters. The summed E-state index contributed by atoms with van der Waals surface area (Å²) in [6.07, 6.45) is 3.09. The first kappa shape index (κ1) is 22.3. The Bertz CT molecular complexity index is 978. The highest BCUT2D eigenvalue weighted by Crippen LogP contribution is 2.38. The highest BCUT2D eigenvalue weighted by molar-refractivity contribution is 6.14. The molecule has 31 heavy (non-hydrogen) atoms. The molecule has 0 aromatic heterocycles. The maximum atomic E-state index is 13.1. The first-order chi connectivity index (χ1) is 14.9.